The van der Waals surface area contributed by atoms with Crippen LogP contribution in [0.4, 0.5) is 0 Å². The molecule has 0 aliphatic heterocycles. The summed E-state index contributed by atoms with van der Waals surface area (Å²) in [6.07, 6.45) is -0.115. The summed E-state index contributed by atoms with van der Waals surface area (Å²) in [5, 5.41) is 23.6. The van der Waals surface area contributed by atoms with E-state index in [4.69, 9.17) is 5.11 Å². The first kappa shape index (κ1) is 31.1. The lowest BCUT2D eigenvalue weighted by molar-refractivity contribution is -0.146. The highest BCUT2D eigenvalue weighted by atomic mass is 16.4. The smallest absolute Gasteiger partial charge is 0.305 e. The minimum Gasteiger partial charge on any atom is -0.508 e. The van der Waals surface area contributed by atoms with E-state index in [0.29, 0.717) is 11.8 Å². The minimum absolute atomic E-state index is 0.0524. The fraction of sp³-hybridized carbons (Fsp3) is 0.520. The predicted molar refractivity (Wildman–Crippen MR) is 133 cm³/mol. The Morgan fingerprint density at radius 3 is 1.97 bits per heavy atom. The third-order valence-corrected chi connectivity index (χ3v) is 5.83. The first-order valence-corrected chi connectivity index (χ1v) is 11.7. The van der Waals surface area contributed by atoms with Crippen molar-refractivity contribution in [2.45, 2.75) is 64.7 Å². The van der Waals surface area contributed by atoms with E-state index >= 15 is 0 Å². The largest absolute Gasteiger partial charge is 0.508 e. The van der Waals surface area contributed by atoms with E-state index in [9.17, 15) is 33.9 Å². The molecule has 12 heteroatoms. The highest BCUT2D eigenvalue weighted by molar-refractivity contribution is 5.94. The summed E-state index contributed by atoms with van der Waals surface area (Å²) in [5.41, 5.74) is 0.678. The van der Waals surface area contributed by atoms with Crippen LogP contribution in [0.15, 0.2) is 24.3 Å². The van der Waals surface area contributed by atoms with E-state index < -0.39 is 60.2 Å². The molecule has 0 aliphatic rings. The van der Waals surface area contributed by atoms with Crippen LogP contribution in [0.2, 0.25) is 0 Å². The molecule has 204 valence electrons. The van der Waals surface area contributed by atoms with E-state index in [-0.39, 0.29) is 18.1 Å². The van der Waals surface area contributed by atoms with Crippen molar-refractivity contribution in [1.82, 2.24) is 20.4 Å². The molecule has 4 N–H and O–H groups in total. The number of phenolic OH excluding ortho intramolecular Hbond substituents is 1. The molecule has 1 aromatic carbocycles. The summed E-state index contributed by atoms with van der Waals surface area (Å²) in [4.78, 5) is 75.4. The van der Waals surface area contributed by atoms with Crippen LogP contribution in [0.3, 0.4) is 0 Å². The Morgan fingerprint density at radius 2 is 1.51 bits per heavy atom. The van der Waals surface area contributed by atoms with Crippen LogP contribution in [0.1, 0.15) is 39.7 Å². The molecule has 0 fully saturated rings. The van der Waals surface area contributed by atoms with Crippen LogP contribution >= 0.6 is 0 Å². The number of carbonyl (C=O) groups excluding carboxylic acids is 5. The second-order valence-corrected chi connectivity index (χ2v) is 9.24. The molecule has 0 saturated heterocycles. The van der Waals surface area contributed by atoms with Gasteiger partial charge in [0.2, 0.25) is 23.6 Å². The highest BCUT2D eigenvalue weighted by Gasteiger charge is 2.35. The number of aliphatic carboxylic acids is 1. The molecular formula is C25H36N4O8. The summed E-state index contributed by atoms with van der Waals surface area (Å²) in [6.45, 7) is 6.10. The number of rotatable bonds is 13. The molecule has 0 saturated carbocycles. The van der Waals surface area contributed by atoms with Gasteiger partial charge in [-0.25, -0.2) is 0 Å². The lowest BCUT2D eigenvalue weighted by atomic mass is 9.98. The molecule has 0 aromatic heterocycles. The van der Waals surface area contributed by atoms with Crippen molar-refractivity contribution in [3.8, 4) is 5.75 Å². The Balaban J connectivity index is 3.06. The Labute approximate surface area is 216 Å². The van der Waals surface area contributed by atoms with Gasteiger partial charge in [0.15, 0.2) is 0 Å². The molecule has 0 bridgehead atoms. The molecule has 4 atom stereocenters. The minimum atomic E-state index is -1.26. The van der Waals surface area contributed by atoms with E-state index in [0.717, 1.165) is 4.90 Å². The van der Waals surface area contributed by atoms with E-state index in [1.165, 1.54) is 45.0 Å². The summed E-state index contributed by atoms with van der Waals surface area (Å²) < 4.78 is 0. The Hall–Kier alpha value is -3.96. The van der Waals surface area contributed by atoms with Crippen LogP contribution in [0, 0.1) is 5.92 Å². The van der Waals surface area contributed by atoms with Gasteiger partial charge in [-0.2, -0.15) is 0 Å². The standard InChI is InChI=1S/C25H36N4O8/c1-14(2)22(23(35)26-15(3)24(36)28(5)18(13-30)12-21(33)34)29(6)25(37)20(27-16(4)31)11-17-7-9-19(32)10-8-17/h7-10,13-15,18,20,22,32H,11-12H2,1-6H3,(H,26,35)(H,27,31)(H,33,34)/t15-,18-,20-,22-/m0/s1. The van der Waals surface area contributed by atoms with Gasteiger partial charge in [-0.05, 0) is 30.5 Å². The SMILES string of the molecule is CC(=O)N[C@@H](Cc1ccc(O)cc1)C(=O)N(C)[C@H](C(=O)N[C@@H](C)C(=O)N(C)[C@H](C=O)CC(=O)O)C(C)C. The molecule has 37 heavy (non-hydrogen) atoms. The van der Waals surface area contributed by atoms with Crippen LogP contribution in [-0.4, -0.2) is 94.2 Å². The van der Waals surface area contributed by atoms with Crippen molar-refractivity contribution >= 4 is 35.9 Å². The van der Waals surface area contributed by atoms with Gasteiger partial charge in [-0.15, -0.1) is 0 Å². The number of carboxylic acids is 1. The lowest BCUT2D eigenvalue weighted by Gasteiger charge is -2.34. The van der Waals surface area contributed by atoms with Crippen LogP contribution in [0.5, 0.6) is 5.75 Å². The zero-order valence-electron chi connectivity index (χ0n) is 21.9. The normalized spacial score (nSPS) is 14.0. The van der Waals surface area contributed by atoms with Gasteiger partial charge in [-0.3, -0.25) is 24.0 Å². The third-order valence-electron chi connectivity index (χ3n) is 5.83. The maximum Gasteiger partial charge on any atom is 0.305 e. The molecule has 12 nitrogen and oxygen atoms in total. The monoisotopic (exact) mass is 520 g/mol. The van der Waals surface area contributed by atoms with Gasteiger partial charge < -0.3 is 35.4 Å². The highest BCUT2D eigenvalue weighted by Crippen LogP contribution is 2.16. The molecule has 0 radical (unpaired) electrons. The zero-order chi connectivity index (χ0) is 28.4. The molecular weight excluding hydrogens is 484 g/mol. The number of nitrogens with zero attached hydrogens (tertiary/aromatic N) is 2. The number of hydrogen-bond acceptors (Lipinski definition) is 7. The fourth-order valence-corrected chi connectivity index (χ4v) is 3.91. The fourth-order valence-electron chi connectivity index (χ4n) is 3.91. The molecule has 0 heterocycles. The maximum absolute atomic E-state index is 13.4. The average molecular weight is 521 g/mol. The number of aldehydes is 1. The average Bonchev–Trinajstić information content (AvgIpc) is 2.81. The van der Waals surface area contributed by atoms with Gasteiger partial charge in [0.05, 0.1) is 12.5 Å². The van der Waals surface area contributed by atoms with Gasteiger partial charge >= 0.3 is 5.97 Å². The first-order chi connectivity index (χ1) is 17.2. The summed E-state index contributed by atoms with van der Waals surface area (Å²) in [6, 6.07) is 1.84. The molecule has 4 amide bonds. The van der Waals surface area contributed by atoms with E-state index in [1.807, 2.05) is 0 Å². The van der Waals surface area contributed by atoms with Gasteiger partial charge in [0.1, 0.15) is 30.2 Å². The van der Waals surface area contributed by atoms with Crippen molar-refractivity contribution in [2.75, 3.05) is 14.1 Å². The van der Waals surface area contributed by atoms with E-state index in [1.54, 1.807) is 26.0 Å². The number of carboxylic acid groups (broad SMARTS) is 1. The first-order valence-electron chi connectivity index (χ1n) is 11.7. The zero-order valence-corrected chi connectivity index (χ0v) is 21.9. The number of benzene rings is 1. The number of amides is 4. The van der Waals surface area contributed by atoms with Crippen molar-refractivity contribution in [3.63, 3.8) is 0 Å². The summed E-state index contributed by atoms with van der Waals surface area (Å²) in [5.74, 6) is -3.86. The van der Waals surface area contributed by atoms with Crippen molar-refractivity contribution in [1.29, 1.82) is 0 Å². The molecule has 0 unspecified atom stereocenters. The second kappa shape index (κ2) is 14.0. The lowest BCUT2D eigenvalue weighted by Crippen LogP contribution is -2.59. The Kier molecular flexibility index (Phi) is 11.7. The van der Waals surface area contributed by atoms with Crippen LogP contribution in [-0.2, 0) is 35.2 Å². The van der Waals surface area contributed by atoms with Crippen LogP contribution in [0.25, 0.3) is 0 Å². The van der Waals surface area contributed by atoms with Crippen molar-refractivity contribution < 1.29 is 39.0 Å². The quantitative estimate of drug-likeness (QED) is 0.262. The number of aromatic hydroxyl groups is 1. The summed E-state index contributed by atoms with van der Waals surface area (Å²) in [7, 11) is 2.69. The number of likely N-dealkylation sites (N-methyl/N-ethyl adjacent to an activating group) is 2. The number of nitrogens with one attached hydrogen (secondary N) is 2. The second-order valence-electron chi connectivity index (χ2n) is 9.24. The Bertz CT molecular complexity index is 995. The molecule has 1 aromatic rings. The van der Waals surface area contributed by atoms with Crippen molar-refractivity contribution in [3.05, 3.63) is 29.8 Å². The van der Waals surface area contributed by atoms with Crippen molar-refractivity contribution in [2.24, 2.45) is 5.92 Å². The predicted octanol–water partition coefficient (Wildman–Crippen LogP) is -0.0723. The third kappa shape index (κ3) is 9.21. The van der Waals surface area contributed by atoms with Crippen LogP contribution < -0.4 is 10.6 Å². The maximum atomic E-state index is 13.4. The topological polar surface area (TPSA) is 173 Å². The van der Waals surface area contributed by atoms with Gasteiger partial charge in [-0.1, -0.05) is 26.0 Å². The molecule has 1 rings (SSSR count). The number of phenols is 1. The van der Waals surface area contributed by atoms with Gasteiger partial charge in [0, 0.05) is 27.4 Å². The molecule has 0 aliphatic carbocycles. The van der Waals surface area contributed by atoms with Gasteiger partial charge in [0.25, 0.3) is 0 Å². The number of hydrogen-bond donors (Lipinski definition) is 4. The number of carbonyl (C=O) groups is 6. The Morgan fingerprint density at radius 1 is 0.946 bits per heavy atom. The molecule has 0 spiro atoms. The summed E-state index contributed by atoms with van der Waals surface area (Å²) >= 11 is 0. The van der Waals surface area contributed by atoms with E-state index in [2.05, 4.69) is 10.6 Å².